The first-order valence-electron chi connectivity index (χ1n) is 11.1. The molecule has 4 aromatic rings. The molecule has 0 saturated heterocycles. The lowest BCUT2D eigenvalue weighted by Crippen LogP contribution is -2.26. The highest BCUT2D eigenvalue weighted by Gasteiger charge is 2.26. The van der Waals surface area contributed by atoms with Crippen molar-refractivity contribution in [2.75, 3.05) is 5.32 Å². The number of hydrogen-bond acceptors (Lipinski definition) is 6. The normalized spacial score (nSPS) is 21.5. The Labute approximate surface area is 179 Å². The van der Waals surface area contributed by atoms with Gasteiger partial charge < -0.3 is 20.1 Å². The molecule has 0 amide bonds. The quantitative estimate of drug-likeness (QED) is 0.433. The number of aliphatic hydroxyl groups is 1. The second-order valence-electron chi connectivity index (χ2n) is 8.69. The molecule has 7 nitrogen and oxygen atoms in total. The summed E-state index contributed by atoms with van der Waals surface area (Å²) in [5.41, 5.74) is 3.72. The Balaban J connectivity index is 1.26. The number of para-hydroxylation sites is 1. The number of anilines is 2. The van der Waals surface area contributed by atoms with Gasteiger partial charge in [0.25, 0.3) is 0 Å². The van der Waals surface area contributed by atoms with Crippen molar-refractivity contribution in [3.05, 3.63) is 48.4 Å². The summed E-state index contributed by atoms with van der Waals surface area (Å²) in [5.74, 6) is 2.98. The lowest BCUT2D eigenvalue weighted by Gasteiger charge is -2.26. The topological polar surface area (TPSA) is 96.0 Å². The molecule has 0 atom stereocenters. The minimum absolute atomic E-state index is 0.115. The molecule has 0 unspecified atom stereocenters. The van der Waals surface area contributed by atoms with E-state index in [0.717, 1.165) is 64.9 Å². The minimum Gasteiger partial charge on any atom is -0.488 e. The highest BCUT2D eigenvalue weighted by molar-refractivity contribution is 5.85. The molecule has 6 rings (SSSR count). The number of aliphatic hydroxyl groups excluding tert-OH is 1. The highest BCUT2D eigenvalue weighted by atomic mass is 16.5. The summed E-state index contributed by atoms with van der Waals surface area (Å²) in [7, 11) is 0. The summed E-state index contributed by atoms with van der Waals surface area (Å²) in [5, 5.41) is 14.0. The predicted octanol–water partition coefficient (Wildman–Crippen LogP) is 4.81. The molecule has 0 radical (unpaired) electrons. The first-order chi connectivity index (χ1) is 15.2. The molecular weight excluding hydrogens is 390 g/mol. The fourth-order valence-electron chi connectivity index (χ4n) is 4.31. The van der Waals surface area contributed by atoms with Gasteiger partial charge in [-0.05, 0) is 62.8 Å². The van der Waals surface area contributed by atoms with Crippen LogP contribution in [0.2, 0.25) is 0 Å². The van der Waals surface area contributed by atoms with Crippen LogP contribution in [0.15, 0.2) is 42.6 Å². The number of aromatic amines is 1. The lowest BCUT2D eigenvalue weighted by molar-refractivity contribution is 0.0672. The van der Waals surface area contributed by atoms with Crippen molar-refractivity contribution >= 4 is 33.6 Å². The highest BCUT2D eigenvalue weighted by Crippen LogP contribution is 2.39. The molecule has 2 aromatic carbocycles. The lowest BCUT2D eigenvalue weighted by atomic mass is 9.95. The third-order valence-corrected chi connectivity index (χ3v) is 6.23. The van der Waals surface area contributed by atoms with Crippen molar-refractivity contribution in [1.29, 1.82) is 0 Å². The largest absolute Gasteiger partial charge is 0.488 e. The van der Waals surface area contributed by atoms with E-state index >= 15 is 0 Å². The van der Waals surface area contributed by atoms with Gasteiger partial charge in [-0.2, -0.15) is 0 Å². The molecule has 0 aliphatic heterocycles. The molecular formula is C24H25N5O2. The van der Waals surface area contributed by atoms with Gasteiger partial charge in [0, 0.05) is 23.2 Å². The average Bonchev–Trinajstić information content (AvgIpc) is 3.55. The number of hydrogen-bond donors (Lipinski definition) is 3. The van der Waals surface area contributed by atoms with Crippen LogP contribution in [-0.2, 0) is 0 Å². The Morgan fingerprint density at radius 1 is 1.00 bits per heavy atom. The second kappa shape index (κ2) is 7.50. The first kappa shape index (κ1) is 18.6. The monoisotopic (exact) mass is 415 g/mol. The number of fused-ring (bicyclic) bond motifs is 2. The van der Waals surface area contributed by atoms with E-state index in [1.165, 1.54) is 12.8 Å². The number of aromatic nitrogens is 4. The number of nitrogens with one attached hydrogen (secondary N) is 2. The zero-order chi connectivity index (χ0) is 20.8. The molecule has 2 heterocycles. The summed E-state index contributed by atoms with van der Waals surface area (Å²) >= 11 is 0. The molecule has 2 saturated carbocycles. The molecule has 158 valence electrons. The minimum atomic E-state index is -0.196. The number of ether oxygens (including phenoxy) is 1. The van der Waals surface area contributed by atoms with Gasteiger partial charge in [-0.3, -0.25) is 0 Å². The van der Waals surface area contributed by atoms with Crippen LogP contribution < -0.4 is 10.1 Å². The number of H-pyrrole nitrogens is 1. The van der Waals surface area contributed by atoms with Crippen molar-refractivity contribution in [3.63, 3.8) is 0 Å². The molecule has 31 heavy (non-hydrogen) atoms. The van der Waals surface area contributed by atoms with Crippen molar-refractivity contribution < 1.29 is 9.84 Å². The number of nitrogens with zero attached hydrogens (tertiary/aromatic N) is 3. The number of imidazole rings is 1. The van der Waals surface area contributed by atoms with Crippen molar-refractivity contribution in [1.82, 2.24) is 19.9 Å². The summed E-state index contributed by atoms with van der Waals surface area (Å²) in [6.45, 7) is 0. The van der Waals surface area contributed by atoms with E-state index < -0.39 is 0 Å². The molecule has 3 N–H and O–H groups in total. The Hall–Kier alpha value is -3.19. The molecule has 0 bridgehead atoms. The Kier molecular flexibility index (Phi) is 4.49. The second-order valence-corrected chi connectivity index (χ2v) is 8.69. The van der Waals surface area contributed by atoms with E-state index in [4.69, 9.17) is 9.72 Å². The Morgan fingerprint density at radius 3 is 2.71 bits per heavy atom. The maximum atomic E-state index is 9.75. The van der Waals surface area contributed by atoms with Crippen LogP contribution in [-0.4, -0.2) is 37.3 Å². The number of rotatable bonds is 5. The van der Waals surface area contributed by atoms with E-state index in [0.29, 0.717) is 11.9 Å². The molecule has 7 heteroatoms. The van der Waals surface area contributed by atoms with E-state index in [1.54, 1.807) is 0 Å². The van der Waals surface area contributed by atoms with Crippen molar-refractivity contribution in [2.45, 2.75) is 56.7 Å². The van der Waals surface area contributed by atoms with Gasteiger partial charge in [-0.15, -0.1) is 0 Å². The molecule has 2 aliphatic rings. The third kappa shape index (κ3) is 3.81. The molecule has 2 aliphatic carbocycles. The van der Waals surface area contributed by atoms with Gasteiger partial charge in [0.1, 0.15) is 17.1 Å². The Bertz CT molecular complexity index is 1240. The average molecular weight is 415 g/mol. The smallest absolute Gasteiger partial charge is 0.227 e. The van der Waals surface area contributed by atoms with Gasteiger partial charge >= 0.3 is 0 Å². The van der Waals surface area contributed by atoms with Gasteiger partial charge in [0.15, 0.2) is 0 Å². The summed E-state index contributed by atoms with van der Waals surface area (Å²) in [6, 6.07) is 12.0. The van der Waals surface area contributed by atoms with E-state index in [2.05, 4.69) is 26.3 Å². The SMILES string of the molecule is OC1CCC(Oc2cccc3cnc(Nc4ccc5nc(C6CC6)[nH]c5c4)nc23)CC1. The van der Waals surface area contributed by atoms with Crippen LogP contribution in [0.1, 0.15) is 50.3 Å². The maximum Gasteiger partial charge on any atom is 0.227 e. The van der Waals surface area contributed by atoms with Crippen LogP contribution in [0.25, 0.3) is 21.9 Å². The van der Waals surface area contributed by atoms with Crippen LogP contribution in [0.3, 0.4) is 0 Å². The van der Waals surface area contributed by atoms with Crippen LogP contribution in [0.4, 0.5) is 11.6 Å². The molecule has 2 aromatic heterocycles. The zero-order valence-electron chi connectivity index (χ0n) is 17.2. The standard InChI is InChI=1S/C24H25N5O2/c30-17-7-9-18(10-8-17)31-21-3-1-2-15-13-25-24(29-22(15)21)26-16-6-11-19-20(12-16)28-23(27-19)14-4-5-14/h1-3,6,11-14,17-18,30H,4-5,7-10H2,(H,27,28)(H,25,26,29). The van der Waals surface area contributed by atoms with Gasteiger partial charge in [0.2, 0.25) is 5.95 Å². The fraction of sp³-hybridized carbons (Fsp3) is 0.375. The van der Waals surface area contributed by atoms with Gasteiger partial charge in [-0.25, -0.2) is 15.0 Å². The van der Waals surface area contributed by atoms with Gasteiger partial charge in [0.05, 0.1) is 23.2 Å². The zero-order valence-corrected chi connectivity index (χ0v) is 17.2. The third-order valence-electron chi connectivity index (χ3n) is 6.23. The number of benzene rings is 2. The fourth-order valence-corrected chi connectivity index (χ4v) is 4.31. The molecule has 0 spiro atoms. The Morgan fingerprint density at radius 2 is 1.87 bits per heavy atom. The summed E-state index contributed by atoms with van der Waals surface area (Å²) in [4.78, 5) is 17.4. The maximum absolute atomic E-state index is 9.75. The predicted molar refractivity (Wildman–Crippen MR) is 120 cm³/mol. The van der Waals surface area contributed by atoms with E-state index in [1.807, 2.05) is 36.5 Å². The molecule has 2 fully saturated rings. The van der Waals surface area contributed by atoms with E-state index in [-0.39, 0.29) is 12.2 Å². The van der Waals surface area contributed by atoms with Crippen molar-refractivity contribution in [3.8, 4) is 5.75 Å². The van der Waals surface area contributed by atoms with Crippen LogP contribution in [0.5, 0.6) is 5.75 Å². The van der Waals surface area contributed by atoms with Crippen LogP contribution >= 0.6 is 0 Å². The van der Waals surface area contributed by atoms with Crippen molar-refractivity contribution in [2.24, 2.45) is 0 Å². The van der Waals surface area contributed by atoms with Crippen LogP contribution in [0, 0.1) is 0 Å². The first-order valence-corrected chi connectivity index (χ1v) is 11.1. The summed E-state index contributed by atoms with van der Waals surface area (Å²) in [6.07, 6.45) is 7.49. The van der Waals surface area contributed by atoms with Gasteiger partial charge in [-0.1, -0.05) is 12.1 Å². The summed E-state index contributed by atoms with van der Waals surface area (Å²) < 4.78 is 6.27. The van der Waals surface area contributed by atoms with E-state index in [9.17, 15) is 5.11 Å².